The molecule has 7 nitrogen and oxygen atoms in total. The first-order chi connectivity index (χ1) is 9.47. The van der Waals surface area contributed by atoms with Crippen LogP contribution in [0, 0.1) is 5.41 Å². The lowest BCUT2D eigenvalue weighted by atomic mass is 10.3. The lowest BCUT2D eigenvalue weighted by Gasteiger charge is -2.17. The van der Waals surface area contributed by atoms with Crippen LogP contribution in [0.3, 0.4) is 0 Å². The predicted molar refractivity (Wildman–Crippen MR) is 79.5 cm³/mol. The van der Waals surface area contributed by atoms with E-state index in [9.17, 15) is 0 Å². The van der Waals surface area contributed by atoms with Crippen LogP contribution in [-0.2, 0) is 0 Å². The van der Waals surface area contributed by atoms with Crippen molar-refractivity contribution in [2.45, 2.75) is 26.2 Å². The monoisotopic (exact) mass is 274 g/mol. The molecule has 1 heterocycles. The van der Waals surface area contributed by atoms with Crippen molar-refractivity contribution < 1.29 is 4.74 Å². The second-order valence-electron chi connectivity index (χ2n) is 4.60. The van der Waals surface area contributed by atoms with Crippen LogP contribution in [0.4, 0.5) is 5.69 Å². The van der Waals surface area contributed by atoms with Gasteiger partial charge in [0.1, 0.15) is 11.5 Å². The van der Waals surface area contributed by atoms with Crippen LogP contribution in [0.5, 0.6) is 5.75 Å². The van der Waals surface area contributed by atoms with Crippen molar-refractivity contribution >= 4 is 23.4 Å². The zero-order valence-electron chi connectivity index (χ0n) is 11.4. The number of hydrogen-bond acceptors (Lipinski definition) is 6. The minimum atomic E-state index is -0.845. The molecule has 1 aliphatic rings. The summed E-state index contributed by atoms with van der Waals surface area (Å²) in [7, 11) is 0. The number of nitrogens with zero attached hydrogens (tertiary/aromatic N) is 3. The van der Waals surface area contributed by atoms with Gasteiger partial charge in [0, 0.05) is 6.04 Å². The molecule has 7 heteroatoms. The van der Waals surface area contributed by atoms with E-state index in [0.717, 1.165) is 0 Å². The Labute approximate surface area is 117 Å². The van der Waals surface area contributed by atoms with Gasteiger partial charge in [-0.2, -0.15) is 5.10 Å². The minimum Gasteiger partial charge on any atom is -0.463 e. The molecule has 0 aromatic heterocycles. The summed E-state index contributed by atoms with van der Waals surface area (Å²) < 4.78 is 5.14. The van der Waals surface area contributed by atoms with E-state index in [0.29, 0.717) is 23.0 Å². The van der Waals surface area contributed by atoms with Crippen LogP contribution in [0.2, 0.25) is 0 Å². The van der Waals surface area contributed by atoms with Crippen molar-refractivity contribution in [1.82, 2.24) is 5.01 Å². The van der Waals surface area contributed by atoms with E-state index in [1.165, 1.54) is 0 Å². The zero-order chi connectivity index (χ0) is 14.7. The first-order valence-electron chi connectivity index (χ1n) is 6.26. The number of nitrogens with two attached hydrogens (primary N) is 2. The first kappa shape index (κ1) is 14.2. The maximum absolute atomic E-state index is 7.99. The van der Waals surface area contributed by atoms with E-state index < -0.39 is 6.35 Å². The maximum atomic E-state index is 7.99. The van der Waals surface area contributed by atoms with Gasteiger partial charge in [-0.25, -0.2) is 10.0 Å². The Morgan fingerprint density at radius 3 is 2.40 bits per heavy atom. The Hall–Kier alpha value is -2.25. The van der Waals surface area contributed by atoms with E-state index in [2.05, 4.69) is 10.1 Å². The zero-order valence-corrected chi connectivity index (χ0v) is 11.4. The molecule has 0 aliphatic carbocycles. The SMILES string of the molecule is CC(C)N1N=CC(=Nc2ccc(OC(N)N)cc2)C1=N. The van der Waals surface area contributed by atoms with Crippen molar-refractivity contribution in [1.29, 1.82) is 5.41 Å². The minimum absolute atomic E-state index is 0.133. The van der Waals surface area contributed by atoms with Crippen molar-refractivity contribution in [3.8, 4) is 5.75 Å². The predicted octanol–water partition coefficient (Wildman–Crippen LogP) is 1.03. The Morgan fingerprint density at radius 1 is 1.25 bits per heavy atom. The van der Waals surface area contributed by atoms with Gasteiger partial charge < -0.3 is 4.74 Å². The van der Waals surface area contributed by atoms with Crippen LogP contribution >= 0.6 is 0 Å². The molecule has 1 aliphatic heterocycles. The Bertz CT molecular complexity index is 546. The van der Waals surface area contributed by atoms with Gasteiger partial charge in [-0.05, 0) is 38.1 Å². The quantitative estimate of drug-likeness (QED) is 0.711. The summed E-state index contributed by atoms with van der Waals surface area (Å²) in [5, 5.41) is 13.8. The Balaban J connectivity index is 2.12. The van der Waals surface area contributed by atoms with Crippen molar-refractivity contribution in [3.05, 3.63) is 24.3 Å². The van der Waals surface area contributed by atoms with E-state index >= 15 is 0 Å². The molecule has 0 amide bonds. The van der Waals surface area contributed by atoms with E-state index in [4.69, 9.17) is 21.6 Å². The van der Waals surface area contributed by atoms with Crippen LogP contribution in [0.1, 0.15) is 13.8 Å². The van der Waals surface area contributed by atoms with Crippen LogP contribution in [0.15, 0.2) is 34.4 Å². The number of hydrogen-bond donors (Lipinski definition) is 3. The number of nitrogens with one attached hydrogen (secondary N) is 1. The Kier molecular flexibility index (Phi) is 4.11. The van der Waals surface area contributed by atoms with E-state index in [1.54, 1.807) is 35.5 Å². The smallest absolute Gasteiger partial charge is 0.201 e. The molecular formula is C13H18N6O. The standard InChI is InChI=1S/C13H18N6O/c1-8(2)19-12(14)11(7-17-19)18-9-3-5-10(6-4-9)20-13(15)16/h3-8,13-14H,15-16H2,1-2H3. The fourth-order valence-corrected chi connectivity index (χ4v) is 1.72. The number of ether oxygens (including phenoxy) is 1. The summed E-state index contributed by atoms with van der Waals surface area (Å²) in [5.74, 6) is 0.868. The van der Waals surface area contributed by atoms with E-state index in [1.807, 2.05) is 13.8 Å². The van der Waals surface area contributed by atoms with Crippen LogP contribution in [-0.4, -0.2) is 35.2 Å². The first-order valence-corrected chi connectivity index (χ1v) is 6.26. The summed E-state index contributed by atoms with van der Waals surface area (Å²) in [4.78, 5) is 4.38. The maximum Gasteiger partial charge on any atom is 0.201 e. The molecule has 0 radical (unpaired) electrons. The molecule has 1 aromatic carbocycles. The molecule has 0 saturated carbocycles. The van der Waals surface area contributed by atoms with Gasteiger partial charge in [-0.3, -0.25) is 16.9 Å². The molecule has 0 fully saturated rings. The lowest BCUT2D eigenvalue weighted by molar-refractivity contribution is 0.217. The highest BCUT2D eigenvalue weighted by atomic mass is 16.5. The Morgan fingerprint density at radius 2 is 1.90 bits per heavy atom. The summed E-state index contributed by atoms with van der Waals surface area (Å²) in [6, 6.07) is 7.12. The molecule has 1 aromatic rings. The van der Waals surface area contributed by atoms with Gasteiger partial charge in [0.25, 0.3) is 0 Å². The third-order valence-electron chi connectivity index (χ3n) is 2.62. The number of hydrazone groups is 1. The highest BCUT2D eigenvalue weighted by Crippen LogP contribution is 2.19. The molecule has 0 bridgehead atoms. The van der Waals surface area contributed by atoms with Crippen molar-refractivity contribution in [3.63, 3.8) is 0 Å². The second-order valence-corrected chi connectivity index (χ2v) is 4.60. The van der Waals surface area contributed by atoms with Crippen molar-refractivity contribution in [2.24, 2.45) is 21.6 Å². The van der Waals surface area contributed by atoms with Crippen molar-refractivity contribution in [2.75, 3.05) is 0 Å². The lowest BCUT2D eigenvalue weighted by Crippen LogP contribution is -2.36. The molecular weight excluding hydrogens is 256 g/mol. The fraction of sp³-hybridized carbons (Fsp3) is 0.308. The number of rotatable bonds is 4. The van der Waals surface area contributed by atoms with Crippen LogP contribution < -0.4 is 16.2 Å². The molecule has 2 rings (SSSR count). The number of aliphatic imine (C=N–C) groups is 1. The van der Waals surface area contributed by atoms with Gasteiger partial charge in [0.05, 0.1) is 11.9 Å². The molecule has 0 unspecified atom stereocenters. The van der Waals surface area contributed by atoms with Gasteiger partial charge in [0.2, 0.25) is 6.35 Å². The number of benzene rings is 1. The summed E-state index contributed by atoms with van der Waals surface area (Å²) >= 11 is 0. The molecule has 106 valence electrons. The fourth-order valence-electron chi connectivity index (χ4n) is 1.72. The third kappa shape index (κ3) is 3.19. The van der Waals surface area contributed by atoms with Crippen LogP contribution in [0.25, 0.3) is 0 Å². The van der Waals surface area contributed by atoms with Gasteiger partial charge in [-0.15, -0.1) is 0 Å². The molecule has 0 atom stereocenters. The summed E-state index contributed by atoms with van der Waals surface area (Å²) in [6.45, 7) is 3.94. The highest BCUT2D eigenvalue weighted by Gasteiger charge is 2.22. The topological polar surface area (TPSA) is 113 Å². The average molecular weight is 274 g/mol. The summed E-state index contributed by atoms with van der Waals surface area (Å²) in [5.41, 5.74) is 11.9. The normalized spacial score (nSPS) is 16.8. The average Bonchev–Trinajstić information content (AvgIpc) is 2.73. The third-order valence-corrected chi connectivity index (χ3v) is 2.62. The van der Waals surface area contributed by atoms with Gasteiger partial charge >= 0.3 is 0 Å². The molecule has 0 saturated heterocycles. The summed E-state index contributed by atoms with van der Waals surface area (Å²) in [6.07, 6.45) is 0.740. The molecule has 20 heavy (non-hydrogen) atoms. The van der Waals surface area contributed by atoms with E-state index in [-0.39, 0.29) is 6.04 Å². The largest absolute Gasteiger partial charge is 0.463 e. The van der Waals surface area contributed by atoms with Gasteiger partial charge in [0.15, 0.2) is 5.84 Å². The molecule has 5 N–H and O–H groups in total. The highest BCUT2D eigenvalue weighted by molar-refractivity contribution is 6.63. The number of amidine groups is 1. The second kappa shape index (κ2) is 5.81. The molecule has 0 spiro atoms. The van der Waals surface area contributed by atoms with Gasteiger partial charge in [-0.1, -0.05) is 0 Å².